The molecule has 3 heterocycles. The summed E-state index contributed by atoms with van der Waals surface area (Å²) in [6.45, 7) is 0. The van der Waals surface area contributed by atoms with Gasteiger partial charge >= 0.3 is 5.97 Å². The van der Waals surface area contributed by atoms with Crippen molar-refractivity contribution in [3.63, 3.8) is 0 Å². The number of aromatic carboxylic acids is 1. The van der Waals surface area contributed by atoms with Crippen molar-refractivity contribution in [3.8, 4) is 11.4 Å². The summed E-state index contributed by atoms with van der Waals surface area (Å²) in [6.07, 6.45) is 5.37. The molecule has 5 heteroatoms. The highest BCUT2D eigenvalue weighted by molar-refractivity contribution is 5.94. The van der Waals surface area contributed by atoms with Crippen LogP contribution in [0.5, 0.6) is 0 Å². The maximum Gasteiger partial charge on any atom is 0.356 e. The summed E-state index contributed by atoms with van der Waals surface area (Å²) in [4.78, 5) is 18.2. The third-order valence-corrected chi connectivity index (χ3v) is 2.61. The molecule has 0 saturated carbocycles. The first-order valence-corrected chi connectivity index (χ1v) is 5.11. The van der Waals surface area contributed by atoms with E-state index in [-0.39, 0.29) is 5.69 Å². The molecule has 3 aromatic rings. The van der Waals surface area contributed by atoms with Crippen LogP contribution in [-0.2, 0) is 0 Å². The molecule has 0 bridgehead atoms. The van der Waals surface area contributed by atoms with Crippen molar-refractivity contribution in [1.29, 1.82) is 0 Å². The Bertz CT molecular complexity index is 683. The fourth-order valence-corrected chi connectivity index (χ4v) is 1.86. The first kappa shape index (κ1) is 9.65. The number of imidazole rings is 1. The van der Waals surface area contributed by atoms with Crippen molar-refractivity contribution in [2.24, 2.45) is 0 Å². The molecule has 0 fully saturated rings. The molecule has 5 nitrogen and oxygen atoms in total. The Morgan fingerprint density at radius 3 is 2.94 bits per heavy atom. The van der Waals surface area contributed by atoms with Crippen molar-refractivity contribution in [2.75, 3.05) is 0 Å². The minimum atomic E-state index is -1.02. The van der Waals surface area contributed by atoms with E-state index in [0.29, 0.717) is 11.3 Å². The van der Waals surface area contributed by atoms with Gasteiger partial charge in [0.1, 0.15) is 5.82 Å². The quantitative estimate of drug-likeness (QED) is 0.703. The summed E-state index contributed by atoms with van der Waals surface area (Å²) in [5.74, 6) is -0.394. The van der Waals surface area contributed by atoms with E-state index < -0.39 is 5.97 Å². The molecular weight excluding hydrogens is 218 g/mol. The minimum absolute atomic E-state index is 0.0711. The van der Waals surface area contributed by atoms with Gasteiger partial charge in [0.2, 0.25) is 0 Å². The van der Waals surface area contributed by atoms with Gasteiger partial charge in [0.05, 0.1) is 5.52 Å². The number of carbonyl (C=O) groups is 1. The number of nitrogens with one attached hydrogen (secondary N) is 1. The van der Waals surface area contributed by atoms with Gasteiger partial charge in [-0.3, -0.25) is 4.40 Å². The van der Waals surface area contributed by atoms with Gasteiger partial charge in [-0.15, -0.1) is 0 Å². The summed E-state index contributed by atoms with van der Waals surface area (Å²) in [7, 11) is 0. The number of hydrogen-bond acceptors (Lipinski definition) is 2. The van der Waals surface area contributed by atoms with Crippen LogP contribution < -0.4 is 0 Å². The Morgan fingerprint density at radius 1 is 1.35 bits per heavy atom. The lowest BCUT2D eigenvalue weighted by Gasteiger charge is -1.96. The zero-order valence-electron chi connectivity index (χ0n) is 8.79. The molecule has 0 atom stereocenters. The molecule has 0 aromatic carbocycles. The van der Waals surface area contributed by atoms with Gasteiger partial charge in [-0.25, -0.2) is 9.78 Å². The molecule has 0 amide bonds. The molecule has 3 rings (SSSR count). The SMILES string of the molecule is O=C(O)c1nc(-c2cc[nH]c2)n2ccccc12. The van der Waals surface area contributed by atoms with Crippen molar-refractivity contribution in [3.05, 3.63) is 48.5 Å². The topological polar surface area (TPSA) is 70.4 Å². The number of nitrogens with zero attached hydrogens (tertiary/aromatic N) is 2. The van der Waals surface area contributed by atoms with Gasteiger partial charge in [-0.2, -0.15) is 0 Å². The van der Waals surface area contributed by atoms with Crippen LogP contribution in [0.2, 0.25) is 0 Å². The number of aromatic nitrogens is 3. The van der Waals surface area contributed by atoms with Gasteiger partial charge in [0.15, 0.2) is 5.69 Å². The molecule has 17 heavy (non-hydrogen) atoms. The van der Waals surface area contributed by atoms with Gasteiger partial charge in [0, 0.05) is 24.2 Å². The summed E-state index contributed by atoms with van der Waals surface area (Å²) in [6, 6.07) is 7.24. The molecule has 0 aliphatic heterocycles. The number of rotatable bonds is 2. The largest absolute Gasteiger partial charge is 0.476 e. The number of fused-ring (bicyclic) bond motifs is 1. The standard InChI is InChI=1S/C12H9N3O2/c16-12(17)10-9-3-1-2-6-15(9)11(14-10)8-4-5-13-7-8/h1-7,13H,(H,16,17). The molecule has 84 valence electrons. The van der Waals surface area contributed by atoms with Crippen molar-refractivity contribution < 1.29 is 9.90 Å². The molecular formula is C12H9N3O2. The zero-order valence-corrected chi connectivity index (χ0v) is 8.79. The summed E-state index contributed by atoms with van der Waals surface area (Å²) in [5, 5.41) is 9.11. The van der Waals surface area contributed by atoms with Crippen LogP contribution in [0.4, 0.5) is 0 Å². The van der Waals surface area contributed by atoms with Crippen LogP contribution in [0.25, 0.3) is 16.9 Å². The number of H-pyrrole nitrogens is 1. The van der Waals surface area contributed by atoms with Crippen LogP contribution in [0.15, 0.2) is 42.9 Å². The third kappa shape index (κ3) is 1.40. The predicted octanol–water partition coefficient (Wildman–Crippen LogP) is 2.03. The maximum absolute atomic E-state index is 11.1. The number of aromatic amines is 1. The zero-order chi connectivity index (χ0) is 11.8. The predicted molar refractivity (Wildman–Crippen MR) is 61.9 cm³/mol. The monoisotopic (exact) mass is 227 g/mol. The highest BCUT2D eigenvalue weighted by atomic mass is 16.4. The van der Waals surface area contributed by atoms with E-state index in [1.165, 1.54) is 0 Å². The van der Waals surface area contributed by atoms with E-state index in [9.17, 15) is 4.79 Å². The average Bonchev–Trinajstić information content (AvgIpc) is 2.95. The van der Waals surface area contributed by atoms with Gasteiger partial charge in [-0.1, -0.05) is 6.07 Å². The third-order valence-electron chi connectivity index (χ3n) is 2.61. The number of pyridine rings is 1. The Hall–Kier alpha value is -2.56. The lowest BCUT2D eigenvalue weighted by molar-refractivity contribution is 0.0693. The smallest absolute Gasteiger partial charge is 0.356 e. The van der Waals surface area contributed by atoms with Crippen LogP contribution in [0.3, 0.4) is 0 Å². The Morgan fingerprint density at radius 2 is 2.24 bits per heavy atom. The van der Waals surface area contributed by atoms with E-state index in [4.69, 9.17) is 5.11 Å². The second kappa shape index (κ2) is 3.48. The molecule has 0 aliphatic rings. The average molecular weight is 227 g/mol. The van der Waals surface area contributed by atoms with Crippen LogP contribution in [0, 0.1) is 0 Å². The second-order valence-corrected chi connectivity index (χ2v) is 3.64. The van der Waals surface area contributed by atoms with E-state index in [1.54, 1.807) is 35.1 Å². The van der Waals surface area contributed by atoms with E-state index >= 15 is 0 Å². The fraction of sp³-hybridized carbons (Fsp3) is 0. The van der Waals surface area contributed by atoms with Crippen molar-refractivity contribution >= 4 is 11.5 Å². The Labute approximate surface area is 96.4 Å². The lowest BCUT2D eigenvalue weighted by Crippen LogP contribution is -1.96. The molecule has 0 aliphatic carbocycles. The summed E-state index contributed by atoms with van der Waals surface area (Å²) in [5.41, 5.74) is 1.52. The van der Waals surface area contributed by atoms with Crippen LogP contribution in [-0.4, -0.2) is 25.4 Å². The van der Waals surface area contributed by atoms with Crippen LogP contribution >= 0.6 is 0 Å². The normalized spacial score (nSPS) is 10.8. The lowest BCUT2D eigenvalue weighted by atomic mass is 10.3. The van der Waals surface area contributed by atoms with Gasteiger partial charge in [0.25, 0.3) is 0 Å². The molecule has 0 unspecified atom stereocenters. The molecule has 3 aromatic heterocycles. The number of carboxylic acid groups (broad SMARTS) is 1. The highest BCUT2D eigenvalue weighted by Gasteiger charge is 2.17. The van der Waals surface area contributed by atoms with Gasteiger partial charge in [-0.05, 0) is 18.2 Å². The first-order chi connectivity index (χ1) is 8.27. The minimum Gasteiger partial charge on any atom is -0.476 e. The van der Waals surface area contributed by atoms with E-state index in [2.05, 4.69) is 9.97 Å². The fourth-order valence-electron chi connectivity index (χ4n) is 1.86. The van der Waals surface area contributed by atoms with Gasteiger partial charge < -0.3 is 10.1 Å². The van der Waals surface area contributed by atoms with E-state index in [1.807, 2.05) is 12.1 Å². The Kier molecular flexibility index (Phi) is 1.98. The summed E-state index contributed by atoms with van der Waals surface area (Å²) >= 11 is 0. The summed E-state index contributed by atoms with van der Waals surface area (Å²) < 4.78 is 1.77. The molecule has 2 N–H and O–H groups in total. The van der Waals surface area contributed by atoms with E-state index in [0.717, 1.165) is 5.56 Å². The number of hydrogen-bond donors (Lipinski definition) is 2. The number of carboxylic acids is 1. The maximum atomic E-state index is 11.1. The van der Waals surface area contributed by atoms with Crippen molar-refractivity contribution in [2.45, 2.75) is 0 Å². The Balaban J connectivity index is 2.37. The molecule has 0 saturated heterocycles. The van der Waals surface area contributed by atoms with Crippen LogP contribution in [0.1, 0.15) is 10.5 Å². The molecule has 0 radical (unpaired) electrons. The van der Waals surface area contributed by atoms with Crippen molar-refractivity contribution in [1.82, 2.24) is 14.4 Å². The molecule has 0 spiro atoms. The second-order valence-electron chi connectivity index (χ2n) is 3.64. The first-order valence-electron chi connectivity index (χ1n) is 5.11. The highest BCUT2D eigenvalue weighted by Crippen LogP contribution is 2.22.